The van der Waals surface area contributed by atoms with E-state index in [1.54, 1.807) is 10.8 Å². The SMILES string of the molecule is O=c1[nH]c2ccccc2n1-c1ccc(CCCOC2CCCCO2)nc1. The zero-order chi connectivity index (χ0) is 17.8. The van der Waals surface area contributed by atoms with Crippen molar-refractivity contribution in [1.82, 2.24) is 14.5 Å². The fourth-order valence-corrected chi connectivity index (χ4v) is 3.32. The molecule has 1 aromatic carbocycles. The molecule has 3 heterocycles. The van der Waals surface area contributed by atoms with Gasteiger partial charge >= 0.3 is 5.69 Å². The summed E-state index contributed by atoms with van der Waals surface area (Å²) < 4.78 is 13.0. The normalized spacial score (nSPS) is 17.6. The topological polar surface area (TPSA) is 69.1 Å². The van der Waals surface area contributed by atoms with Gasteiger partial charge in [0.2, 0.25) is 0 Å². The maximum Gasteiger partial charge on any atom is 0.331 e. The van der Waals surface area contributed by atoms with Gasteiger partial charge in [0.25, 0.3) is 0 Å². The second-order valence-electron chi connectivity index (χ2n) is 6.56. The number of hydrogen-bond acceptors (Lipinski definition) is 4. The summed E-state index contributed by atoms with van der Waals surface area (Å²) >= 11 is 0. The van der Waals surface area contributed by atoms with Gasteiger partial charge in [-0.15, -0.1) is 0 Å². The Kier molecular flexibility index (Phi) is 5.13. The van der Waals surface area contributed by atoms with Crippen LogP contribution in [0.25, 0.3) is 16.7 Å². The van der Waals surface area contributed by atoms with Gasteiger partial charge in [-0.3, -0.25) is 9.55 Å². The number of rotatable bonds is 6. The lowest BCUT2D eigenvalue weighted by Crippen LogP contribution is -2.22. The maximum absolute atomic E-state index is 12.2. The van der Waals surface area contributed by atoms with Gasteiger partial charge < -0.3 is 14.5 Å². The lowest BCUT2D eigenvalue weighted by Gasteiger charge is -2.22. The van der Waals surface area contributed by atoms with Crippen molar-refractivity contribution in [2.75, 3.05) is 13.2 Å². The highest BCUT2D eigenvalue weighted by atomic mass is 16.7. The van der Waals surface area contributed by atoms with E-state index >= 15 is 0 Å². The summed E-state index contributed by atoms with van der Waals surface area (Å²) in [6, 6.07) is 11.6. The third kappa shape index (κ3) is 3.71. The lowest BCUT2D eigenvalue weighted by atomic mass is 10.2. The van der Waals surface area contributed by atoms with Gasteiger partial charge in [-0.05, 0) is 56.4 Å². The second-order valence-corrected chi connectivity index (χ2v) is 6.56. The number of H-pyrrole nitrogens is 1. The third-order valence-corrected chi connectivity index (χ3v) is 4.68. The van der Waals surface area contributed by atoms with E-state index in [2.05, 4.69) is 9.97 Å². The predicted molar refractivity (Wildman–Crippen MR) is 99.6 cm³/mol. The van der Waals surface area contributed by atoms with Crippen LogP contribution < -0.4 is 5.69 Å². The van der Waals surface area contributed by atoms with Crippen molar-refractivity contribution >= 4 is 11.0 Å². The Labute approximate surface area is 151 Å². The number of ether oxygens (including phenoxy) is 2. The first-order chi connectivity index (χ1) is 12.8. The molecule has 1 N–H and O–H groups in total. The van der Waals surface area contributed by atoms with Crippen LogP contribution in [0.1, 0.15) is 31.4 Å². The number of fused-ring (bicyclic) bond motifs is 1. The number of nitrogens with one attached hydrogen (secondary N) is 1. The van der Waals surface area contributed by atoms with E-state index in [1.165, 1.54) is 6.42 Å². The van der Waals surface area contributed by atoms with Gasteiger partial charge in [-0.25, -0.2) is 4.79 Å². The van der Waals surface area contributed by atoms with Gasteiger partial charge in [0.15, 0.2) is 6.29 Å². The number of aromatic amines is 1. The Bertz CT molecular complexity index is 908. The van der Waals surface area contributed by atoms with Gasteiger partial charge in [0.05, 0.1) is 29.5 Å². The van der Waals surface area contributed by atoms with Crippen LogP contribution in [-0.2, 0) is 15.9 Å². The maximum atomic E-state index is 12.2. The van der Waals surface area contributed by atoms with Crippen molar-refractivity contribution in [2.45, 2.75) is 38.4 Å². The molecule has 0 spiro atoms. The molecule has 6 heteroatoms. The molecule has 2 aromatic heterocycles. The highest BCUT2D eigenvalue weighted by Crippen LogP contribution is 2.16. The zero-order valence-corrected chi connectivity index (χ0v) is 14.7. The minimum absolute atomic E-state index is 0.0344. The van der Waals surface area contributed by atoms with E-state index in [-0.39, 0.29) is 12.0 Å². The number of aryl methyl sites for hydroxylation is 1. The molecule has 3 aromatic rings. The molecule has 1 aliphatic heterocycles. The molecule has 1 unspecified atom stereocenters. The Morgan fingerprint density at radius 1 is 1.23 bits per heavy atom. The molecule has 0 radical (unpaired) electrons. The number of benzene rings is 1. The summed E-state index contributed by atoms with van der Waals surface area (Å²) in [5, 5.41) is 0. The fourth-order valence-electron chi connectivity index (χ4n) is 3.32. The van der Waals surface area contributed by atoms with Crippen LogP contribution in [0.4, 0.5) is 0 Å². The highest BCUT2D eigenvalue weighted by molar-refractivity contribution is 5.77. The average molecular weight is 353 g/mol. The molecule has 1 saturated heterocycles. The first-order valence-corrected chi connectivity index (χ1v) is 9.19. The highest BCUT2D eigenvalue weighted by Gasteiger charge is 2.13. The molecule has 26 heavy (non-hydrogen) atoms. The van der Waals surface area contributed by atoms with E-state index in [0.717, 1.165) is 54.7 Å². The van der Waals surface area contributed by atoms with E-state index < -0.39 is 0 Å². The molecule has 1 fully saturated rings. The predicted octanol–water partition coefficient (Wildman–Crippen LogP) is 3.19. The number of nitrogens with zero attached hydrogens (tertiary/aromatic N) is 2. The van der Waals surface area contributed by atoms with E-state index in [9.17, 15) is 4.79 Å². The summed E-state index contributed by atoms with van der Waals surface area (Å²) in [6.45, 7) is 1.48. The first kappa shape index (κ1) is 17.0. The number of pyridine rings is 1. The van der Waals surface area contributed by atoms with Crippen molar-refractivity contribution in [3.05, 3.63) is 58.8 Å². The molecule has 4 rings (SSSR count). The average Bonchev–Trinajstić information content (AvgIpc) is 3.02. The summed E-state index contributed by atoms with van der Waals surface area (Å²) in [5.41, 5.74) is 3.29. The molecule has 0 aliphatic carbocycles. The van der Waals surface area contributed by atoms with Crippen LogP contribution >= 0.6 is 0 Å². The standard InChI is InChI=1S/C20H23N3O3/c24-20-22-17-7-1-2-8-18(17)23(20)16-11-10-15(21-14-16)6-5-13-26-19-9-3-4-12-25-19/h1-2,7-8,10-11,14,19H,3-6,9,12-13H2,(H,22,24). The number of imidazole rings is 1. The van der Waals surface area contributed by atoms with Crippen LogP contribution in [0.3, 0.4) is 0 Å². The number of aromatic nitrogens is 3. The molecule has 1 atom stereocenters. The summed E-state index contributed by atoms with van der Waals surface area (Å²) in [4.78, 5) is 19.6. The molecular weight excluding hydrogens is 330 g/mol. The van der Waals surface area contributed by atoms with Crippen LogP contribution in [0, 0.1) is 0 Å². The molecule has 0 saturated carbocycles. The van der Waals surface area contributed by atoms with E-state index in [1.807, 2.05) is 36.4 Å². The van der Waals surface area contributed by atoms with Crippen molar-refractivity contribution < 1.29 is 9.47 Å². The van der Waals surface area contributed by atoms with Crippen molar-refractivity contribution in [3.8, 4) is 5.69 Å². The smallest absolute Gasteiger partial charge is 0.331 e. The fraction of sp³-hybridized carbons (Fsp3) is 0.400. The largest absolute Gasteiger partial charge is 0.353 e. The summed E-state index contributed by atoms with van der Waals surface area (Å²) in [7, 11) is 0. The van der Waals surface area contributed by atoms with E-state index in [4.69, 9.17) is 9.47 Å². The first-order valence-electron chi connectivity index (χ1n) is 9.19. The molecule has 0 bridgehead atoms. The Balaban J connectivity index is 1.37. The van der Waals surface area contributed by atoms with Crippen LogP contribution in [-0.4, -0.2) is 34.0 Å². The van der Waals surface area contributed by atoms with Crippen LogP contribution in [0.5, 0.6) is 0 Å². The molecule has 0 amide bonds. The molecular formula is C20H23N3O3. The van der Waals surface area contributed by atoms with Gasteiger partial charge in [-0.2, -0.15) is 0 Å². The molecule has 136 valence electrons. The molecule has 6 nitrogen and oxygen atoms in total. The van der Waals surface area contributed by atoms with Crippen LogP contribution in [0.15, 0.2) is 47.4 Å². The molecule has 1 aliphatic rings. The summed E-state index contributed by atoms with van der Waals surface area (Å²) in [5.74, 6) is 0. The van der Waals surface area contributed by atoms with Crippen molar-refractivity contribution in [2.24, 2.45) is 0 Å². The van der Waals surface area contributed by atoms with Gasteiger partial charge in [0.1, 0.15) is 0 Å². The van der Waals surface area contributed by atoms with Crippen molar-refractivity contribution in [1.29, 1.82) is 0 Å². The summed E-state index contributed by atoms with van der Waals surface area (Å²) in [6.07, 6.45) is 6.77. The Hall–Kier alpha value is -2.44. The Morgan fingerprint density at radius 2 is 2.15 bits per heavy atom. The third-order valence-electron chi connectivity index (χ3n) is 4.68. The van der Waals surface area contributed by atoms with E-state index in [0.29, 0.717) is 6.61 Å². The minimum atomic E-state index is -0.151. The lowest BCUT2D eigenvalue weighted by molar-refractivity contribution is -0.162. The quantitative estimate of drug-likeness (QED) is 0.691. The monoisotopic (exact) mass is 353 g/mol. The Morgan fingerprint density at radius 3 is 2.96 bits per heavy atom. The number of para-hydroxylation sites is 2. The van der Waals surface area contributed by atoms with Crippen molar-refractivity contribution in [3.63, 3.8) is 0 Å². The number of hydrogen-bond donors (Lipinski definition) is 1. The second kappa shape index (κ2) is 7.85. The minimum Gasteiger partial charge on any atom is -0.353 e. The van der Waals surface area contributed by atoms with Crippen LogP contribution in [0.2, 0.25) is 0 Å². The zero-order valence-electron chi connectivity index (χ0n) is 14.7. The van der Waals surface area contributed by atoms with Gasteiger partial charge in [-0.1, -0.05) is 12.1 Å². The van der Waals surface area contributed by atoms with Gasteiger partial charge in [0, 0.05) is 12.3 Å².